The first-order chi connectivity index (χ1) is 12.2. The van der Waals surface area contributed by atoms with Crippen LogP contribution in [0.25, 0.3) is 0 Å². The predicted molar refractivity (Wildman–Crippen MR) is 91.4 cm³/mol. The molecule has 0 bridgehead atoms. The molecule has 0 fully saturated rings. The lowest BCUT2D eigenvalue weighted by Crippen LogP contribution is -2.46. The zero-order chi connectivity index (χ0) is 19.3. The van der Waals surface area contributed by atoms with Crippen LogP contribution in [0.15, 0.2) is 48.5 Å². The Labute approximate surface area is 153 Å². The van der Waals surface area contributed by atoms with Crippen molar-refractivity contribution in [3.8, 4) is 0 Å². The second kappa shape index (κ2) is 8.23. The molecule has 0 radical (unpaired) electrons. The minimum absolute atomic E-state index is 0.0866. The molecule has 0 saturated carbocycles. The van der Waals surface area contributed by atoms with Crippen molar-refractivity contribution in [3.05, 3.63) is 70.2 Å². The van der Waals surface area contributed by atoms with Gasteiger partial charge in [0.1, 0.15) is 6.04 Å². The average molecular weight is 385 g/mol. The molecule has 2 rings (SSSR count). The van der Waals surface area contributed by atoms with Crippen molar-refractivity contribution < 1.29 is 22.8 Å². The molecule has 2 aromatic rings. The summed E-state index contributed by atoms with van der Waals surface area (Å²) in [6, 6.07) is 10.2. The summed E-state index contributed by atoms with van der Waals surface area (Å²) >= 11 is 6.03. The molecule has 0 aromatic heterocycles. The molecule has 0 aliphatic rings. The van der Waals surface area contributed by atoms with Crippen LogP contribution in [0, 0.1) is 0 Å². The number of halogens is 4. The van der Waals surface area contributed by atoms with Crippen LogP contribution >= 0.6 is 11.6 Å². The maximum Gasteiger partial charge on any atom is 0.416 e. The van der Waals surface area contributed by atoms with E-state index in [4.69, 9.17) is 17.3 Å². The number of carbonyl (C=O) groups excluding carboxylic acids is 2. The highest BCUT2D eigenvalue weighted by Crippen LogP contribution is 2.29. The molecular formula is C18H16ClF3N2O2. The number of carbonyl (C=O) groups is 2. The molecule has 138 valence electrons. The van der Waals surface area contributed by atoms with Crippen molar-refractivity contribution in [3.63, 3.8) is 0 Å². The molecule has 3 N–H and O–H groups in total. The number of primary amides is 1. The molecule has 0 saturated heterocycles. The number of benzene rings is 2. The fraction of sp³-hybridized carbons (Fsp3) is 0.222. The molecule has 0 spiro atoms. The third-order valence-corrected chi connectivity index (χ3v) is 4.05. The van der Waals surface area contributed by atoms with E-state index < -0.39 is 29.6 Å². The number of rotatable bonds is 6. The van der Waals surface area contributed by atoms with Gasteiger partial charge in [-0.2, -0.15) is 13.2 Å². The third-order valence-electron chi connectivity index (χ3n) is 3.68. The van der Waals surface area contributed by atoms with Crippen LogP contribution in [0.3, 0.4) is 0 Å². The van der Waals surface area contributed by atoms with E-state index in [1.165, 1.54) is 12.1 Å². The van der Waals surface area contributed by atoms with Gasteiger partial charge >= 0.3 is 6.18 Å². The molecule has 0 unspecified atom stereocenters. The van der Waals surface area contributed by atoms with Gasteiger partial charge in [-0.1, -0.05) is 48.0 Å². The van der Waals surface area contributed by atoms with Gasteiger partial charge in [0, 0.05) is 11.4 Å². The van der Waals surface area contributed by atoms with Gasteiger partial charge < -0.3 is 11.1 Å². The molecule has 0 aliphatic heterocycles. The molecule has 2 amide bonds. The van der Waals surface area contributed by atoms with Crippen LogP contribution in [0.2, 0.25) is 5.02 Å². The van der Waals surface area contributed by atoms with Crippen LogP contribution in [0.1, 0.15) is 16.7 Å². The van der Waals surface area contributed by atoms with Crippen LogP contribution in [-0.2, 0) is 28.6 Å². The molecular weight excluding hydrogens is 369 g/mol. The number of alkyl halides is 3. The highest BCUT2D eigenvalue weighted by Gasteiger charge is 2.30. The van der Waals surface area contributed by atoms with Gasteiger partial charge in [-0.25, -0.2) is 0 Å². The Hall–Kier alpha value is -2.54. The van der Waals surface area contributed by atoms with Crippen molar-refractivity contribution in [1.82, 2.24) is 5.32 Å². The third kappa shape index (κ3) is 5.49. The van der Waals surface area contributed by atoms with E-state index in [9.17, 15) is 22.8 Å². The van der Waals surface area contributed by atoms with E-state index in [1.54, 1.807) is 24.3 Å². The minimum Gasteiger partial charge on any atom is -0.368 e. The van der Waals surface area contributed by atoms with Gasteiger partial charge in [-0.15, -0.1) is 0 Å². The topological polar surface area (TPSA) is 72.2 Å². The highest BCUT2D eigenvalue weighted by molar-refractivity contribution is 6.31. The van der Waals surface area contributed by atoms with Crippen molar-refractivity contribution in [2.45, 2.75) is 25.1 Å². The maximum absolute atomic E-state index is 12.7. The summed E-state index contributed by atoms with van der Waals surface area (Å²) in [6.07, 6.45) is -4.72. The summed E-state index contributed by atoms with van der Waals surface area (Å²) in [5.41, 5.74) is 5.27. The van der Waals surface area contributed by atoms with Crippen LogP contribution in [-0.4, -0.2) is 17.9 Å². The first-order valence-corrected chi connectivity index (χ1v) is 8.03. The van der Waals surface area contributed by atoms with Crippen LogP contribution < -0.4 is 11.1 Å². The van der Waals surface area contributed by atoms with E-state index >= 15 is 0 Å². The van der Waals surface area contributed by atoms with E-state index in [-0.39, 0.29) is 18.4 Å². The highest BCUT2D eigenvalue weighted by atomic mass is 35.5. The maximum atomic E-state index is 12.7. The molecule has 0 heterocycles. The summed E-state index contributed by atoms with van der Waals surface area (Å²) in [7, 11) is 0. The normalized spacial score (nSPS) is 12.5. The fourth-order valence-corrected chi connectivity index (χ4v) is 2.61. The Bertz CT molecular complexity index is 809. The lowest BCUT2D eigenvalue weighted by molar-refractivity contribution is -0.137. The second-order valence-corrected chi connectivity index (χ2v) is 6.10. The van der Waals surface area contributed by atoms with Gasteiger partial charge in [0.25, 0.3) is 0 Å². The Morgan fingerprint density at radius 2 is 1.81 bits per heavy atom. The monoisotopic (exact) mass is 384 g/mol. The van der Waals surface area contributed by atoms with Gasteiger partial charge in [0.15, 0.2) is 0 Å². The van der Waals surface area contributed by atoms with Crippen molar-refractivity contribution in [1.29, 1.82) is 0 Å². The zero-order valence-corrected chi connectivity index (χ0v) is 14.3. The lowest BCUT2D eigenvalue weighted by Gasteiger charge is -2.16. The quantitative estimate of drug-likeness (QED) is 0.803. The Kier molecular flexibility index (Phi) is 6.26. The summed E-state index contributed by atoms with van der Waals surface area (Å²) in [5, 5.41) is 2.87. The van der Waals surface area contributed by atoms with Crippen molar-refractivity contribution in [2.75, 3.05) is 0 Å². The van der Waals surface area contributed by atoms with Crippen LogP contribution in [0.5, 0.6) is 0 Å². The lowest BCUT2D eigenvalue weighted by atomic mass is 10.0. The smallest absolute Gasteiger partial charge is 0.368 e. The Morgan fingerprint density at radius 1 is 1.12 bits per heavy atom. The summed E-state index contributed by atoms with van der Waals surface area (Å²) in [6.45, 7) is 0. The first kappa shape index (κ1) is 19.8. The average Bonchev–Trinajstić information content (AvgIpc) is 2.55. The van der Waals surface area contributed by atoms with E-state index in [2.05, 4.69) is 5.32 Å². The Morgan fingerprint density at radius 3 is 2.42 bits per heavy atom. The first-order valence-electron chi connectivity index (χ1n) is 7.65. The molecule has 26 heavy (non-hydrogen) atoms. The standard InChI is InChI=1S/C18H16ClF3N2O2/c19-14-7-2-1-5-12(14)10-15(17(23)26)24-16(25)9-11-4-3-6-13(8-11)18(20,21)22/h1-8,15H,9-10H2,(H2,23,26)(H,24,25)/t15-/m0/s1. The van der Waals surface area contributed by atoms with E-state index in [0.29, 0.717) is 10.6 Å². The summed E-state index contributed by atoms with van der Waals surface area (Å²) in [5.74, 6) is -1.37. The van der Waals surface area contributed by atoms with Crippen LogP contribution in [0.4, 0.5) is 13.2 Å². The van der Waals surface area contributed by atoms with E-state index in [0.717, 1.165) is 12.1 Å². The largest absolute Gasteiger partial charge is 0.416 e. The minimum atomic E-state index is -4.49. The van der Waals surface area contributed by atoms with Crippen molar-refractivity contribution in [2.24, 2.45) is 5.73 Å². The zero-order valence-electron chi connectivity index (χ0n) is 13.5. The molecule has 2 aromatic carbocycles. The van der Waals surface area contributed by atoms with E-state index in [1.807, 2.05) is 0 Å². The van der Waals surface area contributed by atoms with Gasteiger partial charge in [-0.05, 0) is 23.3 Å². The second-order valence-electron chi connectivity index (χ2n) is 5.69. The SMILES string of the molecule is NC(=O)[C@H](Cc1ccccc1Cl)NC(=O)Cc1cccc(C(F)(F)F)c1. The van der Waals surface area contributed by atoms with Gasteiger partial charge in [0.2, 0.25) is 11.8 Å². The predicted octanol–water partition coefficient (Wildman–Crippen LogP) is 3.11. The molecule has 1 atom stereocenters. The summed E-state index contributed by atoms with van der Waals surface area (Å²) in [4.78, 5) is 23.7. The molecule has 0 aliphatic carbocycles. The van der Waals surface area contributed by atoms with Crippen molar-refractivity contribution >= 4 is 23.4 Å². The Balaban J connectivity index is 2.07. The molecule has 4 nitrogen and oxygen atoms in total. The number of hydrogen-bond acceptors (Lipinski definition) is 2. The van der Waals surface area contributed by atoms with Gasteiger partial charge in [0.05, 0.1) is 12.0 Å². The number of hydrogen-bond donors (Lipinski definition) is 2. The fourth-order valence-electron chi connectivity index (χ4n) is 2.39. The number of nitrogens with two attached hydrogens (primary N) is 1. The summed E-state index contributed by atoms with van der Waals surface area (Å²) < 4.78 is 38.2. The van der Waals surface area contributed by atoms with Gasteiger partial charge in [-0.3, -0.25) is 9.59 Å². The number of amides is 2. The number of nitrogens with one attached hydrogen (secondary N) is 1. The molecule has 8 heteroatoms.